The van der Waals surface area contributed by atoms with Gasteiger partial charge >= 0.3 is 0 Å². The van der Waals surface area contributed by atoms with Crippen LogP contribution in [0.5, 0.6) is 0 Å². The zero-order chi connectivity index (χ0) is 17.0. The first-order valence-electron chi connectivity index (χ1n) is 7.67. The normalized spacial score (nSPS) is 10.8. The highest BCUT2D eigenvalue weighted by molar-refractivity contribution is 5.93. The van der Waals surface area contributed by atoms with E-state index in [1.54, 1.807) is 13.0 Å². The molecule has 2 aromatic rings. The van der Waals surface area contributed by atoms with Gasteiger partial charge in [-0.05, 0) is 55.7 Å². The lowest BCUT2D eigenvalue weighted by atomic mass is 10.1. The van der Waals surface area contributed by atoms with Crippen molar-refractivity contribution in [2.24, 2.45) is 5.92 Å². The number of nitrogens with one attached hydrogen (secondary N) is 1. The number of hydrogen-bond acceptors (Lipinski definition) is 2. The van der Waals surface area contributed by atoms with Gasteiger partial charge in [-0.3, -0.25) is 14.2 Å². The standard InChI is InChI=1S/C18H21FN2O2/c1-12(2)10-11-20-17(22)16-9-4-13(3)21(18(16)23)15-7-5-14(19)6-8-15/h4-9,12H,10-11H2,1-3H3,(H,20,22). The number of carbonyl (C=O) groups is 1. The van der Waals surface area contributed by atoms with Gasteiger partial charge in [0.05, 0.1) is 0 Å². The lowest BCUT2D eigenvalue weighted by Gasteiger charge is -2.12. The molecule has 0 saturated carbocycles. The first-order valence-corrected chi connectivity index (χ1v) is 7.67. The summed E-state index contributed by atoms with van der Waals surface area (Å²) in [5.74, 6) is -0.280. The van der Waals surface area contributed by atoms with Crippen LogP contribution in [0.25, 0.3) is 5.69 Å². The van der Waals surface area contributed by atoms with Crippen LogP contribution in [0, 0.1) is 18.7 Å². The molecule has 0 unspecified atom stereocenters. The van der Waals surface area contributed by atoms with Crippen LogP contribution < -0.4 is 10.9 Å². The number of nitrogens with zero attached hydrogens (tertiary/aromatic N) is 1. The summed E-state index contributed by atoms with van der Waals surface area (Å²) in [6, 6.07) is 8.85. The molecule has 0 aliphatic heterocycles. The second-order valence-electron chi connectivity index (χ2n) is 5.94. The largest absolute Gasteiger partial charge is 0.352 e. The Morgan fingerprint density at radius 1 is 1.17 bits per heavy atom. The number of carbonyl (C=O) groups excluding carboxylic acids is 1. The maximum atomic E-state index is 13.1. The van der Waals surface area contributed by atoms with Gasteiger partial charge in [0, 0.05) is 17.9 Å². The van der Waals surface area contributed by atoms with E-state index in [9.17, 15) is 14.0 Å². The van der Waals surface area contributed by atoms with Crippen LogP contribution in [-0.2, 0) is 0 Å². The molecule has 1 amide bonds. The van der Waals surface area contributed by atoms with Crippen molar-refractivity contribution >= 4 is 5.91 Å². The quantitative estimate of drug-likeness (QED) is 0.921. The Balaban J connectivity index is 2.33. The van der Waals surface area contributed by atoms with Gasteiger partial charge < -0.3 is 5.32 Å². The third-order valence-electron chi connectivity index (χ3n) is 3.61. The van der Waals surface area contributed by atoms with Crippen LogP contribution in [-0.4, -0.2) is 17.0 Å². The highest BCUT2D eigenvalue weighted by Gasteiger charge is 2.14. The van der Waals surface area contributed by atoms with E-state index in [1.165, 1.54) is 34.9 Å². The Hall–Kier alpha value is -2.43. The van der Waals surface area contributed by atoms with Crippen LogP contribution in [0.2, 0.25) is 0 Å². The summed E-state index contributed by atoms with van der Waals surface area (Å²) in [5, 5.41) is 2.77. The molecule has 0 fully saturated rings. The van der Waals surface area contributed by atoms with E-state index in [0.717, 1.165) is 6.42 Å². The molecule has 0 aliphatic rings. The molecule has 1 aromatic carbocycles. The van der Waals surface area contributed by atoms with E-state index >= 15 is 0 Å². The van der Waals surface area contributed by atoms with Crippen LogP contribution in [0.3, 0.4) is 0 Å². The zero-order valence-corrected chi connectivity index (χ0v) is 13.6. The minimum atomic E-state index is -0.404. The molecule has 0 radical (unpaired) electrons. The molecule has 1 aromatic heterocycles. The van der Waals surface area contributed by atoms with Crippen LogP contribution >= 0.6 is 0 Å². The van der Waals surface area contributed by atoms with E-state index in [0.29, 0.717) is 23.8 Å². The summed E-state index contributed by atoms with van der Waals surface area (Å²) in [6.07, 6.45) is 0.851. The number of halogens is 1. The van der Waals surface area contributed by atoms with E-state index in [1.807, 2.05) is 0 Å². The lowest BCUT2D eigenvalue weighted by Crippen LogP contribution is -2.34. The van der Waals surface area contributed by atoms with Crippen molar-refractivity contribution in [1.29, 1.82) is 0 Å². The van der Waals surface area contributed by atoms with Crippen LogP contribution in [0.1, 0.15) is 36.3 Å². The SMILES string of the molecule is Cc1ccc(C(=O)NCCC(C)C)c(=O)n1-c1ccc(F)cc1. The number of rotatable bonds is 5. The first kappa shape index (κ1) is 16.9. The third-order valence-corrected chi connectivity index (χ3v) is 3.61. The number of benzene rings is 1. The first-order chi connectivity index (χ1) is 10.9. The summed E-state index contributed by atoms with van der Waals surface area (Å²) < 4.78 is 14.5. The molecular weight excluding hydrogens is 295 g/mol. The van der Waals surface area contributed by atoms with E-state index < -0.39 is 5.56 Å². The summed E-state index contributed by atoms with van der Waals surface area (Å²) in [5.41, 5.74) is 0.897. The van der Waals surface area contributed by atoms with E-state index in [-0.39, 0.29) is 17.3 Å². The third kappa shape index (κ3) is 4.06. The summed E-state index contributed by atoms with van der Waals surface area (Å²) >= 11 is 0. The van der Waals surface area contributed by atoms with Gasteiger partial charge in [0.2, 0.25) is 0 Å². The summed E-state index contributed by atoms with van der Waals surface area (Å²) in [6.45, 7) is 6.44. The van der Waals surface area contributed by atoms with Crippen molar-refractivity contribution in [3.8, 4) is 5.69 Å². The van der Waals surface area contributed by atoms with Crippen molar-refractivity contribution in [3.63, 3.8) is 0 Å². The highest BCUT2D eigenvalue weighted by Crippen LogP contribution is 2.10. The van der Waals surface area contributed by atoms with E-state index in [4.69, 9.17) is 0 Å². The van der Waals surface area contributed by atoms with Gasteiger partial charge in [-0.2, -0.15) is 0 Å². The monoisotopic (exact) mass is 316 g/mol. The summed E-state index contributed by atoms with van der Waals surface area (Å²) in [7, 11) is 0. The maximum absolute atomic E-state index is 13.1. The minimum absolute atomic E-state index is 0.0867. The molecule has 0 aliphatic carbocycles. The molecule has 4 nitrogen and oxygen atoms in total. The molecule has 0 spiro atoms. The molecule has 1 heterocycles. The molecule has 23 heavy (non-hydrogen) atoms. The Morgan fingerprint density at radius 2 is 1.83 bits per heavy atom. The molecule has 1 N–H and O–H groups in total. The Labute approximate surface area is 135 Å². The molecule has 0 bridgehead atoms. The smallest absolute Gasteiger partial charge is 0.268 e. The molecule has 0 atom stereocenters. The predicted molar refractivity (Wildman–Crippen MR) is 88.5 cm³/mol. The van der Waals surface area contributed by atoms with Gasteiger partial charge in [-0.1, -0.05) is 13.8 Å². The number of aryl methyl sites for hydroxylation is 1. The zero-order valence-electron chi connectivity index (χ0n) is 13.6. The Kier molecular flexibility index (Phi) is 5.32. The maximum Gasteiger partial charge on any atom is 0.268 e. The Morgan fingerprint density at radius 3 is 2.43 bits per heavy atom. The van der Waals surface area contributed by atoms with Crippen molar-refractivity contribution in [2.45, 2.75) is 27.2 Å². The second kappa shape index (κ2) is 7.22. The second-order valence-corrected chi connectivity index (χ2v) is 5.94. The minimum Gasteiger partial charge on any atom is -0.352 e. The van der Waals surface area contributed by atoms with Gasteiger partial charge in [0.15, 0.2) is 0 Å². The van der Waals surface area contributed by atoms with Crippen molar-refractivity contribution < 1.29 is 9.18 Å². The van der Waals surface area contributed by atoms with Crippen molar-refractivity contribution in [1.82, 2.24) is 9.88 Å². The average Bonchev–Trinajstić information content (AvgIpc) is 2.48. The number of aromatic nitrogens is 1. The topological polar surface area (TPSA) is 51.1 Å². The fourth-order valence-electron chi connectivity index (χ4n) is 2.28. The van der Waals surface area contributed by atoms with Crippen LogP contribution in [0.4, 0.5) is 4.39 Å². The van der Waals surface area contributed by atoms with Crippen LogP contribution in [0.15, 0.2) is 41.2 Å². The van der Waals surface area contributed by atoms with Gasteiger partial charge in [0.25, 0.3) is 11.5 Å². The molecule has 122 valence electrons. The van der Waals surface area contributed by atoms with E-state index in [2.05, 4.69) is 19.2 Å². The molecular formula is C18H21FN2O2. The van der Waals surface area contributed by atoms with Gasteiger partial charge in [0.1, 0.15) is 11.4 Å². The number of hydrogen-bond donors (Lipinski definition) is 1. The summed E-state index contributed by atoms with van der Waals surface area (Å²) in [4.78, 5) is 24.8. The average molecular weight is 316 g/mol. The number of amides is 1. The molecule has 2 rings (SSSR count). The van der Waals surface area contributed by atoms with Crippen molar-refractivity contribution in [3.05, 3.63) is 63.8 Å². The number of pyridine rings is 1. The highest BCUT2D eigenvalue weighted by atomic mass is 19.1. The lowest BCUT2D eigenvalue weighted by molar-refractivity contribution is 0.0950. The molecule has 5 heteroatoms. The van der Waals surface area contributed by atoms with Gasteiger partial charge in [-0.25, -0.2) is 4.39 Å². The fraction of sp³-hybridized carbons (Fsp3) is 0.333. The predicted octanol–water partition coefficient (Wildman–Crippen LogP) is 3.06. The Bertz CT molecular complexity index is 749. The molecule has 0 saturated heterocycles. The van der Waals surface area contributed by atoms with Crippen molar-refractivity contribution in [2.75, 3.05) is 6.54 Å². The fourth-order valence-corrected chi connectivity index (χ4v) is 2.28. The van der Waals surface area contributed by atoms with Gasteiger partial charge in [-0.15, -0.1) is 0 Å².